The third-order valence-corrected chi connectivity index (χ3v) is 4.83. The summed E-state index contributed by atoms with van der Waals surface area (Å²) in [6, 6.07) is 9.83. The van der Waals surface area contributed by atoms with Crippen molar-refractivity contribution < 1.29 is 9.72 Å². The molecule has 1 aliphatic rings. The lowest BCUT2D eigenvalue weighted by atomic mass is 9.95. The molecule has 0 atom stereocenters. The van der Waals surface area contributed by atoms with Crippen LogP contribution < -0.4 is 15.5 Å². The number of nitrogen functional groups attached to an aromatic ring is 1. The molecular formula is C20H16ClN4O+. The molecule has 0 aliphatic heterocycles. The monoisotopic (exact) mass is 363 g/mol. The van der Waals surface area contributed by atoms with Crippen LogP contribution in [0.15, 0.2) is 23.8 Å². The summed E-state index contributed by atoms with van der Waals surface area (Å²) in [5, 5.41) is 19.5. The van der Waals surface area contributed by atoms with Crippen LogP contribution in [0.2, 0.25) is 5.02 Å². The lowest BCUT2D eigenvalue weighted by molar-refractivity contribution is -0.364. The number of methoxy groups -OCH3 is 1. The number of hydrogen-bond acceptors (Lipinski definition) is 4. The van der Waals surface area contributed by atoms with E-state index in [0.29, 0.717) is 27.6 Å². The van der Waals surface area contributed by atoms with Crippen LogP contribution in [0.1, 0.15) is 34.9 Å². The van der Waals surface area contributed by atoms with Crippen LogP contribution in [0.4, 0.5) is 5.82 Å². The number of nitrogens with one attached hydrogen (secondary N) is 1. The van der Waals surface area contributed by atoms with Gasteiger partial charge in [-0.15, -0.1) is 0 Å². The lowest BCUT2D eigenvalue weighted by Gasteiger charge is -2.09. The van der Waals surface area contributed by atoms with Gasteiger partial charge in [-0.2, -0.15) is 10.5 Å². The van der Waals surface area contributed by atoms with Gasteiger partial charge < -0.3 is 4.74 Å². The zero-order chi connectivity index (χ0) is 19.0. The van der Waals surface area contributed by atoms with E-state index in [2.05, 4.69) is 17.1 Å². The number of nitriles is 2. The number of pyridine rings is 1. The third kappa shape index (κ3) is 2.60. The molecule has 3 rings (SSSR count). The standard InChI is InChI=1S/C20H15ClN4O/c1-10-13(6-12-4-5-17(26-3)16(21)7-12)18-11(2)15(9-23)20(24)25-19(18)14(10)8-22/h4-7H,1-3H3,(H2,24,25)/p+1/b13-6+. The zero-order valence-electron chi connectivity index (χ0n) is 14.6. The molecule has 0 saturated heterocycles. The zero-order valence-corrected chi connectivity index (χ0v) is 15.3. The maximum absolute atomic E-state index is 9.59. The Bertz CT molecular complexity index is 1080. The van der Waals surface area contributed by atoms with Gasteiger partial charge in [0.1, 0.15) is 29.0 Å². The van der Waals surface area contributed by atoms with E-state index in [1.54, 1.807) is 19.2 Å². The second-order valence-electron chi connectivity index (χ2n) is 5.96. The number of nitrogens with two attached hydrogens (primary N) is 1. The van der Waals surface area contributed by atoms with Crippen LogP contribution in [0.25, 0.3) is 17.2 Å². The Morgan fingerprint density at radius 3 is 2.54 bits per heavy atom. The first kappa shape index (κ1) is 17.5. The van der Waals surface area contributed by atoms with E-state index in [0.717, 1.165) is 27.8 Å². The number of anilines is 1. The summed E-state index contributed by atoms with van der Waals surface area (Å²) in [4.78, 5) is 3.01. The summed E-state index contributed by atoms with van der Waals surface area (Å²) in [6.45, 7) is 3.72. The van der Waals surface area contributed by atoms with E-state index < -0.39 is 0 Å². The molecule has 0 amide bonds. The first-order chi connectivity index (χ1) is 12.4. The fourth-order valence-corrected chi connectivity index (χ4v) is 3.48. The predicted molar refractivity (Wildman–Crippen MR) is 101 cm³/mol. The number of nitrogens with zero attached hydrogens (tertiary/aromatic N) is 2. The van der Waals surface area contributed by atoms with Crippen molar-refractivity contribution in [3.63, 3.8) is 0 Å². The minimum atomic E-state index is 0.262. The van der Waals surface area contributed by atoms with Gasteiger partial charge in [-0.05, 0) is 54.3 Å². The van der Waals surface area contributed by atoms with Crippen LogP contribution in [-0.4, -0.2) is 7.11 Å². The highest BCUT2D eigenvalue weighted by Gasteiger charge is 2.32. The number of halogens is 1. The Morgan fingerprint density at radius 1 is 1.23 bits per heavy atom. The number of H-pyrrole nitrogens is 1. The van der Waals surface area contributed by atoms with Crippen molar-refractivity contribution in [2.45, 2.75) is 13.8 Å². The fraction of sp³-hybridized carbons (Fsp3) is 0.150. The molecule has 26 heavy (non-hydrogen) atoms. The average Bonchev–Trinajstić information content (AvgIpc) is 2.86. The van der Waals surface area contributed by atoms with Crippen LogP contribution in [0.3, 0.4) is 0 Å². The minimum absolute atomic E-state index is 0.262. The molecule has 0 fully saturated rings. The number of benzene rings is 1. The number of hydrogen-bond donors (Lipinski definition) is 1. The Morgan fingerprint density at radius 2 is 1.96 bits per heavy atom. The van der Waals surface area contributed by atoms with Gasteiger partial charge in [-0.3, -0.25) is 5.73 Å². The van der Waals surface area contributed by atoms with Crippen molar-refractivity contribution in [2.75, 3.05) is 12.8 Å². The van der Waals surface area contributed by atoms with Gasteiger partial charge in [0.15, 0.2) is 5.69 Å². The van der Waals surface area contributed by atoms with E-state index in [1.165, 1.54) is 0 Å². The van der Waals surface area contributed by atoms with E-state index in [-0.39, 0.29) is 5.82 Å². The van der Waals surface area contributed by atoms with Crippen LogP contribution >= 0.6 is 11.6 Å². The molecule has 5 nitrogen and oxygen atoms in total. The lowest BCUT2D eigenvalue weighted by Crippen LogP contribution is -2.20. The molecule has 128 valence electrons. The molecule has 0 radical (unpaired) electrons. The Kier molecular flexibility index (Phi) is 4.42. The summed E-state index contributed by atoms with van der Waals surface area (Å²) >= 11 is 6.22. The first-order valence-corrected chi connectivity index (χ1v) is 8.23. The van der Waals surface area contributed by atoms with Gasteiger partial charge in [0.25, 0.3) is 5.82 Å². The molecule has 2 aromatic rings. The molecule has 0 saturated carbocycles. The second-order valence-corrected chi connectivity index (χ2v) is 6.37. The van der Waals surface area contributed by atoms with Crippen LogP contribution in [0.5, 0.6) is 5.75 Å². The summed E-state index contributed by atoms with van der Waals surface area (Å²) in [5.41, 5.74) is 11.6. The summed E-state index contributed by atoms with van der Waals surface area (Å²) < 4.78 is 5.18. The summed E-state index contributed by atoms with van der Waals surface area (Å²) in [6.07, 6.45) is 1.95. The number of allylic oxidation sites excluding steroid dienone is 3. The summed E-state index contributed by atoms with van der Waals surface area (Å²) in [5.74, 6) is 0.854. The highest BCUT2D eigenvalue weighted by molar-refractivity contribution is 6.32. The van der Waals surface area contributed by atoms with Crippen molar-refractivity contribution in [1.29, 1.82) is 10.5 Å². The summed E-state index contributed by atoms with van der Waals surface area (Å²) in [7, 11) is 1.56. The maximum Gasteiger partial charge on any atom is 0.289 e. The molecule has 3 N–H and O–H groups in total. The number of fused-ring (bicyclic) bond motifs is 1. The normalized spacial score (nSPS) is 14.2. The van der Waals surface area contributed by atoms with Gasteiger partial charge in [-0.1, -0.05) is 17.7 Å². The fourth-order valence-electron chi connectivity index (χ4n) is 3.21. The van der Waals surface area contributed by atoms with Crippen molar-refractivity contribution >= 4 is 34.6 Å². The number of aromatic amines is 1. The van der Waals surface area contributed by atoms with Gasteiger partial charge in [0.2, 0.25) is 0 Å². The first-order valence-electron chi connectivity index (χ1n) is 7.85. The van der Waals surface area contributed by atoms with E-state index >= 15 is 0 Å². The Labute approximate surface area is 156 Å². The molecular weight excluding hydrogens is 348 g/mol. The highest BCUT2D eigenvalue weighted by atomic mass is 35.5. The Hall–Kier alpha value is -3.28. The van der Waals surface area contributed by atoms with E-state index in [4.69, 9.17) is 22.1 Å². The molecule has 0 spiro atoms. The third-order valence-electron chi connectivity index (χ3n) is 4.54. The van der Waals surface area contributed by atoms with Gasteiger partial charge in [0, 0.05) is 5.56 Å². The predicted octanol–water partition coefficient (Wildman–Crippen LogP) is 3.78. The number of aromatic nitrogens is 1. The van der Waals surface area contributed by atoms with E-state index in [9.17, 15) is 10.5 Å². The largest absolute Gasteiger partial charge is 0.495 e. The van der Waals surface area contributed by atoms with Gasteiger partial charge >= 0.3 is 0 Å². The quantitative estimate of drug-likeness (QED) is 0.877. The number of ether oxygens (including phenoxy) is 1. The van der Waals surface area contributed by atoms with Crippen molar-refractivity contribution in [3.05, 3.63) is 56.7 Å². The number of rotatable bonds is 2. The molecule has 1 aromatic heterocycles. The van der Waals surface area contributed by atoms with Crippen molar-refractivity contribution in [1.82, 2.24) is 0 Å². The molecule has 0 unspecified atom stereocenters. The van der Waals surface area contributed by atoms with Gasteiger partial charge in [-0.25, -0.2) is 4.98 Å². The van der Waals surface area contributed by atoms with E-state index in [1.807, 2.05) is 26.0 Å². The molecule has 1 aromatic carbocycles. The topological polar surface area (TPSA) is 97.0 Å². The molecule has 6 heteroatoms. The SMILES string of the molecule is COc1ccc(/C=C2\C(C)=C(C#N)c3[nH+]c(N)c(C#N)c(C)c32)cc1Cl. The van der Waals surface area contributed by atoms with Crippen LogP contribution in [0, 0.1) is 29.6 Å². The molecule has 0 bridgehead atoms. The molecule has 1 aliphatic carbocycles. The van der Waals surface area contributed by atoms with Crippen LogP contribution in [-0.2, 0) is 0 Å². The molecule has 1 heterocycles. The average molecular weight is 364 g/mol. The minimum Gasteiger partial charge on any atom is -0.495 e. The highest BCUT2D eigenvalue weighted by Crippen LogP contribution is 2.43. The maximum atomic E-state index is 9.59. The Balaban J connectivity index is 2.28. The van der Waals surface area contributed by atoms with Gasteiger partial charge in [0.05, 0.1) is 12.1 Å². The second kappa shape index (κ2) is 6.55. The van der Waals surface area contributed by atoms with Crippen molar-refractivity contribution in [3.8, 4) is 17.9 Å². The van der Waals surface area contributed by atoms with Crippen molar-refractivity contribution in [2.24, 2.45) is 0 Å². The smallest absolute Gasteiger partial charge is 0.289 e.